The van der Waals surface area contributed by atoms with Gasteiger partial charge in [-0.05, 0) is 69.2 Å². The van der Waals surface area contributed by atoms with Gasteiger partial charge >= 0.3 is 0 Å². The fraction of sp³-hybridized carbons (Fsp3) is 0.475. The number of anilines is 1. The van der Waals surface area contributed by atoms with Crippen LogP contribution in [-0.2, 0) is 0 Å². The lowest BCUT2D eigenvalue weighted by molar-refractivity contribution is 0.195. The van der Waals surface area contributed by atoms with Gasteiger partial charge in [0.2, 0.25) is 0 Å². The van der Waals surface area contributed by atoms with Gasteiger partial charge in [0.25, 0.3) is 0 Å². The lowest BCUT2D eigenvalue weighted by Crippen LogP contribution is -2.37. The zero-order valence-electron chi connectivity index (χ0n) is 29.6. The summed E-state index contributed by atoms with van der Waals surface area (Å²) in [6, 6.07) is 21.6. The summed E-state index contributed by atoms with van der Waals surface area (Å²) >= 11 is 0. The van der Waals surface area contributed by atoms with Crippen LogP contribution in [0.5, 0.6) is 0 Å². The summed E-state index contributed by atoms with van der Waals surface area (Å²) in [6.45, 7) is 22.9. The summed E-state index contributed by atoms with van der Waals surface area (Å²) in [5, 5.41) is 10.7. The van der Waals surface area contributed by atoms with E-state index >= 15 is 0 Å². The van der Waals surface area contributed by atoms with Gasteiger partial charge in [0, 0.05) is 49.8 Å². The Balaban J connectivity index is 0.00000221. The van der Waals surface area contributed by atoms with Crippen molar-refractivity contribution in [3.63, 3.8) is 0 Å². The molecule has 48 heavy (non-hydrogen) atoms. The summed E-state index contributed by atoms with van der Waals surface area (Å²) in [4.78, 5) is 17.6. The maximum Gasteiger partial charge on any atom is 0.179 e. The Morgan fingerprint density at radius 1 is 0.896 bits per heavy atom. The number of nitrogens with one attached hydrogen (secondary N) is 3. The molecule has 2 aromatic carbocycles. The maximum atomic E-state index is 5.10. The minimum Gasteiger partial charge on any atom is -0.389 e. The number of likely N-dealkylation sites (tertiary alicyclic amines) is 1. The molecule has 1 aliphatic heterocycles. The Hall–Kier alpha value is -4.17. The highest BCUT2D eigenvalue weighted by Gasteiger charge is 2.30. The number of aromatic nitrogens is 4. The molecule has 8 nitrogen and oxygen atoms in total. The molecule has 6 rings (SSSR count). The van der Waals surface area contributed by atoms with Gasteiger partial charge in [0.05, 0.1) is 12.0 Å². The number of allylic oxidation sites excluding steroid dienone is 1. The standard InChI is InChI=1S/C38H50N8.C2H6/c1-5-39-28(3)32-16-17-33(24-32)46-26-42-35-37(41-25-34(30-12-8-6-9-13-30)31-14-10-7-11-15-31)43-36(44-38(35)46)29(4)40-20-23-45-21-18-27(2)19-22-45;1-2/h6-15,26-27,32-34,39-40H,3-5,16-25H2,1-2H3,(H,41,43,44);1-2H3. The molecule has 1 aliphatic carbocycles. The number of imidazole rings is 1. The molecule has 3 N–H and O–H groups in total. The molecule has 0 radical (unpaired) electrons. The molecule has 3 heterocycles. The molecule has 4 aromatic rings. The number of fused-ring (bicyclic) bond motifs is 1. The molecule has 0 bridgehead atoms. The van der Waals surface area contributed by atoms with Crippen molar-refractivity contribution in [1.29, 1.82) is 0 Å². The first-order valence-corrected chi connectivity index (χ1v) is 18.2. The van der Waals surface area contributed by atoms with E-state index in [-0.39, 0.29) is 5.92 Å². The van der Waals surface area contributed by atoms with Crippen LogP contribution in [0.15, 0.2) is 85.8 Å². The molecule has 2 atom stereocenters. The molecule has 0 amide bonds. The Bertz CT molecular complexity index is 1550. The fourth-order valence-electron chi connectivity index (χ4n) is 7.07. The smallest absolute Gasteiger partial charge is 0.179 e. The van der Waals surface area contributed by atoms with Crippen molar-refractivity contribution < 1.29 is 0 Å². The third kappa shape index (κ3) is 8.64. The van der Waals surface area contributed by atoms with Crippen LogP contribution in [0, 0.1) is 11.8 Å². The Kier molecular flexibility index (Phi) is 12.7. The van der Waals surface area contributed by atoms with Gasteiger partial charge in [-0.2, -0.15) is 0 Å². The third-order valence-corrected chi connectivity index (χ3v) is 9.91. The largest absolute Gasteiger partial charge is 0.389 e. The first kappa shape index (κ1) is 35.1. The number of hydrogen-bond acceptors (Lipinski definition) is 7. The minimum atomic E-state index is 0.152. The maximum absolute atomic E-state index is 5.10. The van der Waals surface area contributed by atoms with Crippen molar-refractivity contribution in [2.75, 3.05) is 44.6 Å². The quantitative estimate of drug-likeness (QED) is 0.128. The number of piperidine rings is 1. The lowest BCUT2D eigenvalue weighted by Gasteiger charge is -2.30. The van der Waals surface area contributed by atoms with E-state index in [1.54, 1.807) is 0 Å². The van der Waals surface area contributed by atoms with Crippen LogP contribution in [-0.4, -0.2) is 63.7 Å². The van der Waals surface area contributed by atoms with Crippen molar-refractivity contribution >= 4 is 22.7 Å². The van der Waals surface area contributed by atoms with E-state index in [0.29, 0.717) is 24.3 Å². The van der Waals surface area contributed by atoms with Crippen LogP contribution in [0.4, 0.5) is 5.82 Å². The van der Waals surface area contributed by atoms with Crippen LogP contribution >= 0.6 is 0 Å². The van der Waals surface area contributed by atoms with Crippen LogP contribution in [0.1, 0.15) is 88.7 Å². The first-order valence-electron chi connectivity index (χ1n) is 18.2. The van der Waals surface area contributed by atoms with Gasteiger partial charge in [-0.3, -0.25) is 0 Å². The van der Waals surface area contributed by atoms with Crippen LogP contribution in [0.25, 0.3) is 16.9 Å². The molecular formula is C40H56N8. The topological polar surface area (TPSA) is 82.9 Å². The molecule has 0 spiro atoms. The van der Waals surface area contributed by atoms with Gasteiger partial charge in [-0.25, -0.2) is 15.0 Å². The second-order valence-corrected chi connectivity index (χ2v) is 13.1. The van der Waals surface area contributed by atoms with E-state index in [4.69, 9.17) is 15.0 Å². The van der Waals surface area contributed by atoms with E-state index in [1.165, 1.54) is 24.0 Å². The van der Waals surface area contributed by atoms with Crippen LogP contribution < -0.4 is 16.0 Å². The molecule has 2 unspecified atom stereocenters. The molecule has 1 saturated heterocycles. The second kappa shape index (κ2) is 17.3. The Morgan fingerprint density at radius 3 is 2.21 bits per heavy atom. The van der Waals surface area contributed by atoms with Crippen molar-refractivity contribution in [1.82, 2.24) is 35.1 Å². The zero-order valence-corrected chi connectivity index (χ0v) is 29.6. The van der Waals surface area contributed by atoms with E-state index in [9.17, 15) is 0 Å². The van der Waals surface area contributed by atoms with Crippen LogP contribution in [0.2, 0.25) is 0 Å². The fourth-order valence-corrected chi connectivity index (χ4v) is 7.07. The number of rotatable bonds is 14. The van der Waals surface area contributed by atoms with E-state index in [1.807, 2.05) is 20.2 Å². The molecule has 2 aliphatic rings. The monoisotopic (exact) mass is 648 g/mol. The van der Waals surface area contributed by atoms with Crippen molar-refractivity contribution in [3.8, 4) is 0 Å². The Labute approximate surface area is 288 Å². The number of nitrogens with zero attached hydrogens (tertiary/aromatic N) is 5. The van der Waals surface area contributed by atoms with Crippen LogP contribution in [0.3, 0.4) is 0 Å². The second-order valence-electron chi connectivity index (χ2n) is 13.1. The van der Waals surface area contributed by atoms with E-state index < -0.39 is 0 Å². The zero-order chi connectivity index (χ0) is 33.9. The number of hydrogen-bond donors (Lipinski definition) is 3. The number of benzene rings is 2. The van der Waals surface area contributed by atoms with Crippen molar-refractivity contribution in [3.05, 3.63) is 103 Å². The molecule has 2 fully saturated rings. The summed E-state index contributed by atoms with van der Waals surface area (Å²) < 4.78 is 2.26. The van der Waals surface area contributed by atoms with Gasteiger partial charge in [-0.1, -0.05) is 94.6 Å². The summed E-state index contributed by atoms with van der Waals surface area (Å²) in [5.74, 6) is 2.80. The highest BCUT2D eigenvalue weighted by molar-refractivity contribution is 5.84. The molecule has 2 aromatic heterocycles. The lowest BCUT2D eigenvalue weighted by atomic mass is 9.91. The summed E-state index contributed by atoms with van der Waals surface area (Å²) in [5.41, 5.74) is 6.06. The molecule has 1 saturated carbocycles. The molecule has 8 heteroatoms. The third-order valence-electron chi connectivity index (χ3n) is 9.91. The van der Waals surface area contributed by atoms with Gasteiger partial charge in [0.1, 0.15) is 5.52 Å². The van der Waals surface area contributed by atoms with Crippen molar-refractivity contribution in [2.45, 2.75) is 71.8 Å². The van der Waals surface area contributed by atoms with E-state index in [2.05, 4.69) is 113 Å². The minimum absolute atomic E-state index is 0.152. The summed E-state index contributed by atoms with van der Waals surface area (Å²) in [7, 11) is 0. The molecular weight excluding hydrogens is 592 g/mol. The van der Waals surface area contributed by atoms with Gasteiger partial charge in [-0.15, -0.1) is 0 Å². The first-order chi connectivity index (χ1) is 23.5. The summed E-state index contributed by atoms with van der Waals surface area (Å²) in [6.07, 6.45) is 7.71. The Morgan fingerprint density at radius 2 is 1.56 bits per heavy atom. The van der Waals surface area contributed by atoms with Gasteiger partial charge in [0.15, 0.2) is 17.3 Å². The molecule has 256 valence electrons. The van der Waals surface area contributed by atoms with Crippen molar-refractivity contribution in [2.24, 2.45) is 11.8 Å². The van der Waals surface area contributed by atoms with E-state index in [0.717, 1.165) is 86.3 Å². The highest BCUT2D eigenvalue weighted by Crippen LogP contribution is 2.39. The highest BCUT2D eigenvalue weighted by atomic mass is 15.2. The predicted octanol–water partition coefficient (Wildman–Crippen LogP) is 7.85. The average Bonchev–Trinajstić information content (AvgIpc) is 3.79. The predicted molar refractivity (Wildman–Crippen MR) is 201 cm³/mol. The van der Waals surface area contributed by atoms with Gasteiger partial charge < -0.3 is 25.4 Å². The average molecular weight is 649 g/mol. The normalized spacial score (nSPS) is 18.4. The SMILES string of the molecule is C=C(NCCN1CCC(C)CC1)c1nc(NCC(c2ccccc2)c2ccccc2)c2ncn(C3CCC(C(=C)NCC)C3)c2n1.CC.